The molecule has 12 heavy (non-hydrogen) atoms. The monoisotopic (exact) mass is 167 g/mol. The quantitative estimate of drug-likeness (QED) is 0.683. The van der Waals surface area contributed by atoms with Crippen molar-refractivity contribution in [3.8, 4) is 0 Å². The number of aromatic nitrogens is 2. The first-order valence-electron chi connectivity index (χ1n) is 4.43. The Labute approximate surface area is 73.8 Å². The van der Waals surface area contributed by atoms with Crippen molar-refractivity contribution >= 4 is 0 Å². The molecule has 0 saturated heterocycles. The molecule has 0 aliphatic rings. The van der Waals surface area contributed by atoms with Crippen molar-refractivity contribution in [3.05, 3.63) is 17.7 Å². The molecule has 0 atom stereocenters. The zero-order valence-electron chi connectivity index (χ0n) is 8.09. The molecule has 0 bridgehead atoms. The van der Waals surface area contributed by atoms with E-state index in [1.165, 1.54) is 12.1 Å². The summed E-state index contributed by atoms with van der Waals surface area (Å²) in [7, 11) is 2.05. The van der Waals surface area contributed by atoms with E-state index < -0.39 is 0 Å². The largest absolute Gasteiger partial charge is 0.334 e. The lowest BCUT2D eigenvalue weighted by Crippen LogP contribution is -2.16. The van der Waals surface area contributed by atoms with E-state index in [1.807, 2.05) is 20.2 Å². The molecule has 0 saturated carbocycles. The molecule has 68 valence electrons. The zero-order valence-corrected chi connectivity index (χ0v) is 8.09. The Bertz CT molecular complexity index is 240. The molecule has 1 heterocycles. The van der Waals surface area contributed by atoms with Crippen LogP contribution in [0.5, 0.6) is 0 Å². The highest BCUT2D eigenvalue weighted by Gasteiger charge is 2.00. The van der Waals surface area contributed by atoms with Crippen molar-refractivity contribution < 1.29 is 0 Å². The van der Waals surface area contributed by atoms with Crippen molar-refractivity contribution in [2.45, 2.75) is 26.8 Å². The molecule has 0 aromatic carbocycles. The van der Waals surface area contributed by atoms with Crippen LogP contribution < -0.4 is 5.32 Å². The number of hydrogen-bond acceptors (Lipinski definition) is 2. The van der Waals surface area contributed by atoms with Gasteiger partial charge in [-0.3, -0.25) is 0 Å². The maximum Gasteiger partial charge on any atom is 0.105 e. The SMILES string of the molecule is CCCNCc1cnc(C)n1C. The number of rotatable bonds is 4. The number of nitrogens with zero attached hydrogens (tertiary/aromatic N) is 2. The van der Waals surface area contributed by atoms with E-state index in [4.69, 9.17) is 0 Å². The third-order valence-corrected chi connectivity index (χ3v) is 2.05. The van der Waals surface area contributed by atoms with E-state index in [0.717, 1.165) is 18.9 Å². The zero-order chi connectivity index (χ0) is 8.97. The number of aryl methyl sites for hydroxylation is 1. The molecule has 0 spiro atoms. The van der Waals surface area contributed by atoms with E-state index in [0.29, 0.717) is 0 Å². The summed E-state index contributed by atoms with van der Waals surface area (Å²) < 4.78 is 2.11. The summed E-state index contributed by atoms with van der Waals surface area (Å²) in [6, 6.07) is 0. The average molecular weight is 167 g/mol. The summed E-state index contributed by atoms with van der Waals surface area (Å²) in [5.41, 5.74) is 1.25. The second-order valence-electron chi connectivity index (χ2n) is 3.03. The van der Waals surface area contributed by atoms with Crippen molar-refractivity contribution in [2.75, 3.05) is 6.54 Å². The predicted molar refractivity (Wildman–Crippen MR) is 49.9 cm³/mol. The van der Waals surface area contributed by atoms with Crippen molar-refractivity contribution in [3.63, 3.8) is 0 Å². The summed E-state index contributed by atoms with van der Waals surface area (Å²) in [6.45, 7) is 6.18. The van der Waals surface area contributed by atoms with Gasteiger partial charge in [-0.15, -0.1) is 0 Å². The Kier molecular flexibility index (Phi) is 3.29. The predicted octanol–water partition coefficient (Wildman–Crippen LogP) is 1.23. The lowest BCUT2D eigenvalue weighted by molar-refractivity contribution is 0.640. The summed E-state index contributed by atoms with van der Waals surface area (Å²) in [4.78, 5) is 4.22. The van der Waals surface area contributed by atoms with Crippen molar-refractivity contribution in [2.24, 2.45) is 7.05 Å². The van der Waals surface area contributed by atoms with Crippen LogP contribution in [0.1, 0.15) is 24.9 Å². The molecule has 0 aliphatic heterocycles. The Morgan fingerprint density at radius 1 is 1.58 bits per heavy atom. The Morgan fingerprint density at radius 2 is 2.33 bits per heavy atom. The standard InChI is InChI=1S/C9H17N3/c1-4-5-10-6-9-7-11-8(2)12(9)3/h7,10H,4-6H2,1-3H3. The highest BCUT2D eigenvalue weighted by atomic mass is 15.1. The minimum atomic E-state index is 0.922. The molecule has 1 N–H and O–H groups in total. The van der Waals surface area contributed by atoms with Crippen LogP contribution in [0.4, 0.5) is 0 Å². The molecule has 1 aromatic rings. The van der Waals surface area contributed by atoms with Crippen LogP contribution in [0.15, 0.2) is 6.20 Å². The maximum atomic E-state index is 4.22. The molecule has 0 fully saturated rings. The summed E-state index contributed by atoms with van der Waals surface area (Å²) >= 11 is 0. The number of hydrogen-bond donors (Lipinski definition) is 1. The van der Waals surface area contributed by atoms with E-state index in [1.54, 1.807) is 0 Å². The van der Waals surface area contributed by atoms with Gasteiger partial charge in [-0.05, 0) is 19.9 Å². The van der Waals surface area contributed by atoms with Gasteiger partial charge in [0.1, 0.15) is 5.82 Å². The molecule has 1 rings (SSSR count). The third kappa shape index (κ3) is 2.08. The molecular formula is C9H17N3. The summed E-state index contributed by atoms with van der Waals surface area (Å²) in [6.07, 6.45) is 3.11. The summed E-state index contributed by atoms with van der Waals surface area (Å²) in [5, 5.41) is 3.34. The Hall–Kier alpha value is -0.830. The maximum absolute atomic E-state index is 4.22. The van der Waals surface area contributed by atoms with Gasteiger partial charge in [0.15, 0.2) is 0 Å². The molecule has 1 aromatic heterocycles. The van der Waals surface area contributed by atoms with Gasteiger partial charge in [0.05, 0.1) is 5.69 Å². The van der Waals surface area contributed by atoms with Crippen molar-refractivity contribution in [1.29, 1.82) is 0 Å². The highest BCUT2D eigenvalue weighted by molar-refractivity contribution is 5.02. The third-order valence-electron chi connectivity index (χ3n) is 2.05. The average Bonchev–Trinajstić information content (AvgIpc) is 2.36. The van der Waals surface area contributed by atoms with Crippen molar-refractivity contribution in [1.82, 2.24) is 14.9 Å². The fraction of sp³-hybridized carbons (Fsp3) is 0.667. The van der Waals surface area contributed by atoms with E-state index >= 15 is 0 Å². The first-order chi connectivity index (χ1) is 5.75. The first kappa shape index (κ1) is 9.26. The highest BCUT2D eigenvalue weighted by Crippen LogP contribution is 2.00. The fourth-order valence-electron chi connectivity index (χ4n) is 1.11. The molecule has 3 heteroatoms. The normalized spacial score (nSPS) is 10.6. The number of imidazole rings is 1. The second kappa shape index (κ2) is 4.26. The topological polar surface area (TPSA) is 29.9 Å². The van der Waals surface area contributed by atoms with Crippen LogP contribution >= 0.6 is 0 Å². The second-order valence-corrected chi connectivity index (χ2v) is 3.03. The van der Waals surface area contributed by atoms with Gasteiger partial charge in [-0.1, -0.05) is 6.92 Å². The van der Waals surface area contributed by atoms with E-state index in [9.17, 15) is 0 Å². The Morgan fingerprint density at radius 3 is 2.83 bits per heavy atom. The Balaban J connectivity index is 2.46. The molecule has 0 radical (unpaired) electrons. The lowest BCUT2D eigenvalue weighted by atomic mass is 10.4. The van der Waals surface area contributed by atoms with Gasteiger partial charge in [0, 0.05) is 19.8 Å². The van der Waals surface area contributed by atoms with E-state index in [2.05, 4.69) is 21.8 Å². The van der Waals surface area contributed by atoms with Crippen LogP contribution in [0, 0.1) is 6.92 Å². The minimum Gasteiger partial charge on any atom is -0.334 e. The van der Waals surface area contributed by atoms with E-state index in [-0.39, 0.29) is 0 Å². The van der Waals surface area contributed by atoms with Gasteiger partial charge in [-0.2, -0.15) is 0 Å². The smallest absolute Gasteiger partial charge is 0.105 e. The van der Waals surface area contributed by atoms with Gasteiger partial charge in [-0.25, -0.2) is 4.98 Å². The van der Waals surface area contributed by atoms with Crippen LogP contribution in [0.2, 0.25) is 0 Å². The number of nitrogens with one attached hydrogen (secondary N) is 1. The van der Waals surface area contributed by atoms with Crippen LogP contribution in [-0.2, 0) is 13.6 Å². The minimum absolute atomic E-state index is 0.922. The van der Waals surface area contributed by atoms with Gasteiger partial charge >= 0.3 is 0 Å². The molecule has 3 nitrogen and oxygen atoms in total. The van der Waals surface area contributed by atoms with Gasteiger partial charge < -0.3 is 9.88 Å². The van der Waals surface area contributed by atoms with Crippen LogP contribution in [0.25, 0.3) is 0 Å². The molecule has 0 amide bonds. The van der Waals surface area contributed by atoms with Gasteiger partial charge in [0.2, 0.25) is 0 Å². The molecular weight excluding hydrogens is 150 g/mol. The summed E-state index contributed by atoms with van der Waals surface area (Å²) in [5.74, 6) is 1.07. The van der Waals surface area contributed by atoms with Crippen LogP contribution in [-0.4, -0.2) is 16.1 Å². The molecule has 0 unspecified atom stereocenters. The van der Waals surface area contributed by atoms with Crippen LogP contribution in [0.3, 0.4) is 0 Å². The molecule has 0 aliphatic carbocycles. The lowest BCUT2D eigenvalue weighted by Gasteiger charge is -2.04. The first-order valence-corrected chi connectivity index (χ1v) is 4.43. The fourth-order valence-corrected chi connectivity index (χ4v) is 1.11. The van der Waals surface area contributed by atoms with Gasteiger partial charge in [0.25, 0.3) is 0 Å².